The smallest absolute Gasteiger partial charge is 0.330 e. The number of carbonyl (C=O) groups is 2. The Hall–Kier alpha value is -1.81. The van der Waals surface area contributed by atoms with Crippen molar-refractivity contribution in [2.75, 3.05) is 14.2 Å². The van der Waals surface area contributed by atoms with E-state index in [1.807, 2.05) is 26.0 Å². The molecule has 6 heteroatoms. The molecule has 118 valence electrons. The van der Waals surface area contributed by atoms with E-state index in [9.17, 15) is 9.59 Å². The Labute approximate surface area is 139 Å². The van der Waals surface area contributed by atoms with Gasteiger partial charge in [-0.05, 0) is 13.8 Å². The van der Waals surface area contributed by atoms with E-state index in [1.54, 1.807) is 24.3 Å². The summed E-state index contributed by atoms with van der Waals surface area (Å²) in [6.07, 6.45) is 13.2. The van der Waals surface area contributed by atoms with Gasteiger partial charge in [0.1, 0.15) is 0 Å². The first-order chi connectivity index (χ1) is 9.62. The van der Waals surface area contributed by atoms with Crippen LogP contribution in [0.2, 0.25) is 0 Å². The van der Waals surface area contributed by atoms with Crippen molar-refractivity contribution < 1.29 is 43.3 Å². The van der Waals surface area contributed by atoms with Gasteiger partial charge in [-0.3, -0.25) is 4.79 Å². The average Bonchev–Trinajstić information content (AvgIpc) is 2.50. The monoisotopic (exact) mass is 382 g/mol. The number of carbonyl (C=O) groups excluding carboxylic acids is 3. The van der Waals surface area contributed by atoms with E-state index in [-0.39, 0.29) is 31.4 Å². The van der Waals surface area contributed by atoms with Gasteiger partial charge >= 0.3 is 11.9 Å². The van der Waals surface area contributed by atoms with Crippen LogP contribution in [0.4, 0.5) is 0 Å². The summed E-state index contributed by atoms with van der Waals surface area (Å²) in [6, 6.07) is 0. The van der Waals surface area contributed by atoms with Crippen LogP contribution >= 0.6 is 0 Å². The zero-order chi connectivity index (χ0) is 16.2. The Morgan fingerprint density at radius 2 is 1.05 bits per heavy atom. The van der Waals surface area contributed by atoms with Gasteiger partial charge in [0.2, 0.25) is 0 Å². The molecule has 0 aliphatic heterocycles. The van der Waals surface area contributed by atoms with E-state index in [0.717, 1.165) is 0 Å². The molecule has 0 aliphatic rings. The molecule has 0 aliphatic carbocycles. The van der Waals surface area contributed by atoms with Crippen LogP contribution in [0.5, 0.6) is 0 Å². The maximum atomic E-state index is 10.3. The van der Waals surface area contributed by atoms with Crippen LogP contribution in [-0.4, -0.2) is 32.9 Å². The summed E-state index contributed by atoms with van der Waals surface area (Å²) in [5.74, 6) is -0.652. The van der Waals surface area contributed by atoms with Crippen molar-refractivity contribution in [2.45, 2.75) is 13.8 Å². The van der Waals surface area contributed by atoms with Gasteiger partial charge in [0, 0.05) is 31.6 Å². The molecule has 0 heterocycles. The molecular weight excluding hydrogens is 361 g/mol. The van der Waals surface area contributed by atoms with Crippen molar-refractivity contribution in [3.05, 3.63) is 48.6 Å². The largest absolute Gasteiger partial charge is 0.466 e. The Morgan fingerprint density at radius 1 is 0.762 bits per heavy atom. The van der Waals surface area contributed by atoms with Crippen LogP contribution in [0.25, 0.3) is 0 Å². The molecule has 5 nitrogen and oxygen atoms in total. The minimum absolute atomic E-state index is 0. The third-order valence-electron chi connectivity index (χ3n) is 1.47. The molecular formula is C15H20O5Ru. The summed E-state index contributed by atoms with van der Waals surface area (Å²) in [5.41, 5.74) is 0. The molecule has 0 saturated carbocycles. The summed E-state index contributed by atoms with van der Waals surface area (Å²) in [7, 11) is 2.70. The first kappa shape index (κ1) is 27.5. The maximum Gasteiger partial charge on any atom is 0.330 e. The Balaban J connectivity index is -0.000000118. The van der Waals surface area contributed by atoms with Gasteiger partial charge in [0.25, 0.3) is 6.79 Å². The van der Waals surface area contributed by atoms with E-state index in [2.05, 4.69) is 16.3 Å². The molecule has 0 aromatic carbocycles. The van der Waals surface area contributed by atoms with Gasteiger partial charge in [0.05, 0.1) is 14.2 Å². The molecule has 0 aromatic heterocycles. The second kappa shape index (κ2) is 26.7. The number of methoxy groups -OCH3 is 2. The van der Waals surface area contributed by atoms with E-state index in [1.165, 1.54) is 26.4 Å². The van der Waals surface area contributed by atoms with Gasteiger partial charge in [-0.25, -0.2) is 9.59 Å². The van der Waals surface area contributed by atoms with E-state index < -0.39 is 0 Å². The Bertz CT molecular complexity index is 323. The number of ether oxygens (including phenoxy) is 2. The van der Waals surface area contributed by atoms with Crippen LogP contribution in [0.1, 0.15) is 13.8 Å². The van der Waals surface area contributed by atoms with E-state index in [0.29, 0.717) is 0 Å². The normalized spacial score (nSPS) is 9.52. The quantitative estimate of drug-likeness (QED) is 0.323. The molecule has 0 fully saturated rings. The second-order valence-electron chi connectivity index (χ2n) is 2.82. The fourth-order valence-electron chi connectivity index (χ4n) is 0.627. The predicted molar refractivity (Wildman–Crippen MR) is 77.6 cm³/mol. The molecule has 0 atom stereocenters. The van der Waals surface area contributed by atoms with Gasteiger partial charge in [-0.15, -0.1) is 0 Å². The van der Waals surface area contributed by atoms with Crippen LogP contribution in [0.3, 0.4) is 0 Å². The average molecular weight is 381 g/mol. The van der Waals surface area contributed by atoms with Crippen LogP contribution < -0.4 is 0 Å². The molecule has 0 N–H and O–H groups in total. The van der Waals surface area contributed by atoms with Gasteiger partial charge in [-0.1, -0.05) is 36.5 Å². The van der Waals surface area contributed by atoms with Crippen LogP contribution in [-0.2, 0) is 43.3 Å². The molecule has 0 spiro atoms. The molecule has 2 radical (unpaired) electrons. The van der Waals surface area contributed by atoms with Crippen molar-refractivity contribution in [3.8, 4) is 0 Å². The second-order valence-corrected chi connectivity index (χ2v) is 2.82. The summed E-state index contributed by atoms with van der Waals surface area (Å²) < 4.78 is 8.67. The summed E-state index contributed by atoms with van der Waals surface area (Å²) in [4.78, 5) is 28.2. The fourth-order valence-corrected chi connectivity index (χ4v) is 0.627. The molecule has 0 saturated heterocycles. The third-order valence-corrected chi connectivity index (χ3v) is 1.47. The van der Waals surface area contributed by atoms with Crippen molar-refractivity contribution in [2.24, 2.45) is 0 Å². The fraction of sp³-hybridized carbons (Fsp3) is 0.267. The molecule has 0 unspecified atom stereocenters. The summed E-state index contributed by atoms with van der Waals surface area (Å²) in [6.45, 7) is 8.25. The van der Waals surface area contributed by atoms with Gasteiger partial charge < -0.3 is 9.47 Å². The molecule has 0 amide bonds. The molecule has 21 heavy (non-hydrogen) atoms. The number of allylic oxidation sites excluding steroid dienone is 6. The predicted octanol–water partition coefficient (Wildman–Crippen LogP) is 2.18. The van der Waals surface area contributed by atoms with Gasteiger partial charge in [-0.2, -0.15) is 0 Å². The molecule has 0 aromatic rings. The molecule has 0 rings (SSSR count). The SMILES string of the molecule is CC=CC=CC(=O)OC.CC=CC=CC(=O)OC.[C]=O.[Ru]. The minimum Gasteiger partial charge on any atom is -0.466 e. The van der Waals surface area contributed by atoms with E-state index in [4.69, 9.17) is 4.79 Å². The molecule has 0 bridgehead atoms. The van der Waals surface area contributed by atoms with E-state index >= 15 is 0 Å². The number of esters is 2. The maximum absolute atomic E-state index is 10.3. The topological polar surface area (TPSA) is 69.7 Å². The van der Waals surface area contributed by atoms with Crippen molar-refractivity contribution in [3.63, 3.8) is 0 Å². The van der Waals surface area contributed by atoms with Crippen molar-refractivity contribution in [1.82, 2.24) is 0 Å². The first-order valence-electron chi connectivity index (χ1n) is 5.57. The Kier molecular flexibility index (Phi) is 35.0. The zero-order valence-electron chi connectivity index (χ0n) is 12.5. The number of rotatable bonds is 4. The van der Waals surface area contributed by atoms with Crippen molar-refractivity contribution in [1.29, 1.82) is 0 Å². The Morgan fingerprint density at radius 3 is 1.24 bits per heavy atom. The number of hydrogen-bond acceptors (Lipinski definition) is 5. The third kappa shape index (κ3) is 32.1. The standard InChI is InChI=1S/2C7H10O2.CO.Ru/c2*1-3-4-5-6-7(8)9-2;1-2;/h2*3-6H,1-2H3;;. The van der Waals surface area contributed by atoms with Gasteiger partial charge in [0.15, 0.2) is 0 Å². The first-order valence-corrected chi connectivity index (χ1v) is 5.57. The van der Waals surface area contributed by atoms with Crippen LogP contribution in [0.15, 0.2) is 48.6 Å². The van der Waals surface area contributed by atoms with Crippen molar-refractivity contribution >= 4 is 18.7 Å². The summed E-state index contributed by atoms with van der Waals surface area (Å²) >= 11 is 0. The zero-order valence-corrected chi connectivity index (χ0v) is 14.3. The number of hydrogen-bond donors (Lipinski definition) is 0. The van der Waals surface area contributed by atoms with Crippen LogP contribution in [0, 0.1) is 0 Å². The minimum atomic E-state index is -0.326. The summed E-state index contributed by atoms with van der Waals surface area (Å²) in [5, 5.41) is 0.